The number of ether oxygens (including phenoxy) is 1. The lowest BCUT2D eigenvalue weighted by Crippen LogP contribution is -2.32. The standard InChI is InChI=1S/C23H23N3O5S/c1-31-21-12-11-18(25-14-6-10-23(25)28)15-22(21)32(29,30)26(16-17-7-4-5-13-24-17)19-8-2-3-9-20(19)27/h2-5,7-9,11-13,15,27H,6,10,14,16H2,1H3. The van der Waals surface area contributed by atoms with Gasteiger partial charge in [-0.3, -0.25) is 14.1 Å². The van der Waals surface area contributed by atoms with Crippen LogP contribution in [0.4, 0.5) is 11.4 Å². The van der Waals surface area contributed by atoms with Crippen molar-refractivity contribution in [1.29, 1.82) is 0 Å². The Morgan fingerprint density at radius 3 is 2.56 bits per heavy atom. The van der Waals surface area contributed by atoms with E-state index < -0.39 is 10.0 Å². The molecule has 0 unspecified atom stereocenters. The molecule has 2 aromatic carbocycles. The third-order valence-corrected chi connectivity index (χ3v) is 7.06. The van der Waals surface area contributed by atoms with Gasteiger partial charge < -0.3 is 14.7 Å². The fourth-order valence-corrected chi connectivity index (χ4v) is 5.32. The van der Waals surface area contributed by atoms with Gasteiger partial charge in [0.2, 0.25) is 5.91 Å². The number of phenols is 1. The largest absolute Gasteiger partial charge is 0.506 e. The average Bonchev–Trinajstić information content (AvgIpc) is 3.24. The third-order valence-electron chi connectivity index (χ3n) is 5.28. The van der Waals surface area contributed by atoms with Crippen LogP contribution in [0.5, 0.6) is 11.5 Å². The molecular weight excluding hydrogens is 430 g/mol. The Morgan fingerprint density at radius 2 is 1.91 bits per heavy atom. The second kappa shape index (κ2) is 8.88. The van der Waals surface area contributed by atoms with Crippen molar-refractivity contribution in [3.05, 3.63) is 72.6 Å². The van der Waals surface area contributed by atoms with Gasteiger partial charge >= 0.3 is 0 Å². The molecule has 0 radical (unpaired) electrons. The van der Waals surface area contributed by atoms with Crippen molar-refractivity contribution in [3.8, 4) is 11.5 Å². The summed E-state index contributed by atoms with van der Waals surface area (Å²) >= 11 is 0. The summed E-state index contributed by atoms with van der Waals surface area (Å²) < 4.78 is 34.3. The van der Waals surface area contributed by atoms with Crippen LogP contribution in [0.3, 0.4) is 0 Å². The molecule has 4 rings (SSSR count). The summed E-state index contributed by atoms with van der Waals surface area (Å²) in [6.45, 7) is 0.429. The molecule has 1 N–H and O–H groups in total. The Balaban J connectivity index is 1.85. The summed E-state index contributed by atoms with van der Waals surface area (Å²) in [5.41, 5.74) is 1.11. The molecular formula is C23H23N3O5S. The number of hydrogen-bond acceptors (Lipinski definition) is 6. The molecule has 1 aromatic heterocycles. The van der Waals surface area contributed by atoms with E-state index in [1.54, 1.807) is 47.5 Å². The van der Waals surface area contributed by atoms with Crippen molar-refractivity contribution in [2.45, 2.75) is 24.3 Å². The normalized spacial score (nSPS) is 13.9. The van der Waals surface area contributed by atoms with Crippen LogP contribution in [-0.2, 0) is 21.4 Å². The molecule has 1 fully saturated rings. The predicted molar refractivity (Wildman–Crippen MR) is 120 cm³/mol. The van der Waals surface area contributed by atoms with E-state index in [9.17, 15) is 18.3 Å². The van der Waals surface area contributed by atoms with E-state index in [2.05, 4.69) is 4.98 Å². The van der Waals surface area contributed by atoms with Crippen LogP contribution in [0.15, 0.2) is 71.8 Å². The Labute approximate surface area is 186 Å². The molecule has 8 nitrogen and oxygen atoms in total. The van der Waals surface area contributed by atoms with Crippen LogP contribution >= 0.6 is 0 Å². The topological polar surface area (TPSA) is 100 Å². The quantitative estimate of drug-likeness (QED) is 0.589. The Hall–Kier alpha value is -3.59. The first-order chi connectivity index (χ1) is 15.4. The van der Waals surface area contributed by atoms with Gasteiger partial charge in [0.05, 0.1) is 25.0 Å². The van der Waals surface area contributed by atoms with Gasteiger partial charge in [-0.1, -0.05) is 18.2 Å². The van der Waals surface area contributed by atoms with E-state index in [-0.39, 0.29) is 34.5 Å². The van der Waals surface area contributed by atoms with Crippen LogP contribution in [0, 0.1) is 0 Å². The van der Waals surface area contributed by atoms with Crippen molar-refractivity contribution >= 4 is 27.3 Å². The van der Waals surface area contributed by atoms with Crippen LogP contribution in [0.25, 0.3) is 0 Å². The van der Waals surface area contributed by atoms with Crippen LogP contribution in [0.2, 0.25) is 0 Å². The van der Waals surface area contributed by atoms with Crippen LogP contribution in [0.1, 0.15) is 18.5 Å². The number of aromatic nitrogens is 1. The molecule has 1 amide bonds. The second-order valence-corrected chi connectivity index (χ2v) is 9.14. The highest BCUT2D eigenvalue weighted by Crippen LogP contribution is 2.37. The first-order valence-electron chi connectivity index (χ1n) is 10.1. The van der Waals surface area contributed by atoms with E-state index in [4.69, 9.17) is 4.74 Å². The van der Waals surface area contributed by atoms with Gasteiger partial charge in [0, 0.05) is 24.8 Å². The summed E-state index contributed by atoms with van der Waals surface area (Å²) in [7, 11) is -2.83. The van der Waals surface area contributed by atoms with E-state index in [0.29, 0.717) is 24.3 Å². The maximum atomic E-state index is 13.9. The number of carbonyl (C=O) groups is 1. The van der Waals surface area contributed by atoms with Gasteiger partial charge in [0.15, 0.2) is 0 Å². The maximum Gasteiger partial charge on any atom is 0.268 e. The smallest absolute Gasteiger partial charge is 0.268 e. The minimum absolute atomic E-state index is 0.0513. The maximum absolute atomic E-state index is 13.9. The monoisotopic (exact) mass is 453 g/mol. The molecule has 0 bridgehead atoms. The van der Waals surface area contributed by atoms with Crippen molar-refractivity contribution in [1.82, 2.24) is 4.98 Å². The van der Waals surface area contributed by atoms with Gasteiger partial charge in [-0.15, -0.1) is 0 Å². The summed E-state index contributed by atoms with van der Waals surface area (Å²) in [6, 6.07) is 16.1. The van der Waals surface area contributed by atoms with E-state index in [0.717, 1.165) is 10.7 Å². The van der Waals surface area contributed by atoms with Gasteiger partial charge in [-0.25, -0.2) is 8.42 Å². The van der Waals surface area contributed by atoms with Gasteiger partial charge in [0.25, 0.3) is 10.0 Å². The molecule has 3 aromatic rings. The lowest BCUT2D eigenvalue weighted by molar-refractivity contribution is -0.117. The highest BCUT2D eigenvalue weighted by Gasteiger charge is 2.32. The van der Waals surface area contributed by atoms with Crippen molar-refractivity contribution < 1.29 is 23.1 Å². The molecule has 2 heterocycles. The number of para-hydroxylation sites is 2. The molecule has 1 aliphatic heterocycles. The molecule has 166 valence electrons. The number of pyridine rings is 1. The lowest BCUT2D eigenvalue weighted by Gasteiger charge is -2.26. The number of rotatable bonds is 7. The zero-order chi connectivity index (χ0) is 22.7. The number of nitrogens with zero attached hydrogens (tertiary/aromatic N) is 3. The zero-order valence-corrected chi connectivity index (χ0v) is 18.3. The molecule has 0 atom stereocenters. The fraction of sp³-hybridized carbons (Fsp3) is 0.217. The SMILES string of the molecule is COc1ccc(N2CCCC2=O)cc1S(=O)(=O)N(Cc1ccccn1)c1ccccc1O. The Morgan fingerprint density at radius 1 is 1.12 bits per heavy atom. The van der Waals surface area contributed by atoms with E-state index >= 15 is 0 Å². The fourth-order valence-electron chi connectivity index (χ4n) is 3.69. The van der Waals surface area contributed by atoms with Gasteiger partial charge in [-0.05, 0) is 48.9 Å². The highest BCUT2D eigenvalue weighted by molar-refractivity contribution is 7.93. The number of hydrogen-bond donors (Lipinski definition) is 1. The number of amides is 1. The molecule has 0 spiro atoms. The van der Waals surface area contributed by atoms with Crippen LogP contribution < -0.4 is 13.9 Å². The molecule has 1 saturated heterocycles. The summed E-state index contributed by atoms with van der Waals surface area (Å²) in [4.78, 5) is 17.9. The first-order valence-corrected chi connectivity index (χ1v) is 11.5. The average molecular weight is 454 g/mol. The number of methoxy groups -OCH3 is 1. The Bertz CT molecular complexity index is 1230. The summed E-state index contributed by atoms with van der Waals surface area (Å²) in [5.74, 6) is -0.0942. The molecule has 1 aliphatic rings. The second-order valence-electron chi connectivity index (χ2n) is 7.31. The first kappa shape index (κ1) is 21.6. The number of carbonyl (C=O) groups excluding carboxylic acids is 1. The molecule has 0 saturated carbocycles. The van der Waals surface area contributed by atoms with Crippen molar-refractivity contribution in [3.63, 3.8) is 0 Å². The molecule has 9 heteroatoms. The van der Waals surface area contributed by atoms with Crippen molar-refractivity contribution in [2.75, 3.05) is 22.9 Å². The third kappa shape index (κ3) is 4.11. The summed E-state index contributed by atoms with van der Waals surface area (Å²) in [5, 5.41) is 10.4. The molecule has 32 heavy (non-hydrogen) atoms. The number of aromatic hydroxyl groups is 1. The van der Waals surface area contributed by atoms with Crippen LogP contribution in [-0.4, -0.2) is 38.1 Å². The van der Waals surface area contributed by atoms with Crippen molar-refractivity contribution in [2.24, 2.45) is 0 Å². The number of benzene rings is 2. The molecule has 0 aliphatic carbocycles. The number of anilines is 2. The minimum Gasteiger partial charge on any atom is -0.506 e. The minimum atomic E-state index is -4.22. The zero-order valence-electron chi connectivity index (χ0n) is 17.5. The number of sulfonamides is 1. The van der Waals surface area contributed by atoms with E-state index in [1.165, 1.54) is 31.4 Å². The Kier molecular flexibility index (Phi) is 6.00. The number of phenolic OH excluding ortho intramolecular Hbond substituents is 1. The predicted octanol–water partition coefficient (Wildman–Crippen LogP) is 3.32. The highest BCUT2D eigenvalue weighted by atomic mass is 32.2. The lowest BCUT2D eigenvalue weighted by atomic mass is 10.2. The van der Waals surface area contributed by atoms with E-state index in [1.807, 2.05) is 0 Å². The summed E-state index contributed by atoms with van der Waals surface area (Å²) in [6.07, 6.45) is 2.72. The van der Waals surface area contributed by atoms with Gasteiger partial charge in [0.1, 0.15) is 16.4 Å². The van der Waals surface area contributed by atoms with Gasteiger partial charge in [-0.2, -0.15) is 0 Å².